The average Bonchev–Trinajstić information content (AvgIpc) is 2.70. The fourth-order valence-corrected chi connectivity index (χ4v) is 3.11. The van der Waals surface area contributed by atoms with E-state index >= 15 is 0 Å². The molecule has 18 heavy (non-hydrogen) atoms. The van der Waals surface area contributed by atoms with Crippen LogP contribution < -0.4 is 0 Å². The Morgan fingerprint density at radius 1 is 1.06 bits per heavy atom. The van der Waals surface area contributed by atoms with E-state index in [1.54, 1.807) is 0 Å². The summed E-state index contributed by atoms with van der Waals surface area (Å²) in [6.45, 7) is 0.916. The second-order valence-corrected chi connectivity index (χ2v) is 5.59. The molecule has 2 fully saturated rings. The first-order valence-corrected chi connectivity index (χ1v) is 7.20. The summed E-state index contributed by atoms with van der Waals surface area (Å²) < 4.78 is 0. The lowest BCUT2D eigenvalue weighted by Gasteiger charge is -2.37. The minimum atomic E-state index is -0.768. The summed E-state index contributed by atoms with van der Waals surface area (Å²) in [5.74, 6) is 0.223. The smallest absolute Gasteiger partial charge is 0.303 e. The summed E-state index contributed by atoms with van der Waals surface area (Å²) in [7, 11) is 0. The molecule has 1 amide bonds. The minimum absolute atomic E-state index is 0.180. The fraction of sp³-hybridized carbons (Fsp3) is 0.857. The highest BCUT2D eigenvalue weighted by atomic mass is 16.4. The number of carbonyl (C=O) groups excluding carboxylic acids is 1. The summed E-state index contributed by atoms with van der Waals surface area (Å²) in [6, 6.07) is 0.491. The van der Waals surface area contributed by atoms with Crippen LogP contribution in [0.2, 0.25) is 0 Å². The number of rotatable bonds is 6. The first-order valence-electron chi connectivity index (χ1n) is 7.20. The number of carboxylic acids is 1. The lowest BCUT2D eigenvalue weighted by Crippen LogP contribution is -2.42. The zero-order chi connectivity index (χ0) is 13.0. The van der Waals surface area contributed by atoms with Crippen LogP contribution in [0.3, 0.4) is 0 Å². The van der Waals surface area contributed by atoms with Gasteiger partial charge in [-0.15, -0.1) is 0 Å². The van der Waals surface area contributed by atoms with E-state index in [1.165, 1.54) is 25.7 Å². The molecule has 102 valence electrons. The Labute approximate surface area is 108 Å². The van der Waals surface area contributed by atoms with Crippen LogP contribution in [0.15, 0.2) is 0 Å². The predicted octanol–water partition coefficient (Wildman–Crippen LogP) is 2.42. The quantitative estimate of drug-likeness (QED) is 0.740. The summed E-state index contributed by atoms with van der Waals surface area (Å²) in [5, 5.41) is 8.55. The van der Waals surface area contributed by atoms with Gasteiger partial charge in [0.15, 0.2) is 0 Å². The Kier molecular flexibility index (Phi) is 4.61. The van der Waals surface area contributed by atoms with Gasteiger partial charge in [0.1, 0.15) is 0 Å². The number of nitrogens with zero attached hydrogens (tertiary/aromatic N) is 1. The van der Waals surface area contributed by atoms with Crippen LogP contribution >= 0.6 is 0 Å². The number of hydrogen-bond acceptors (Lipinski definition) is 2. The third kappa shape index (κ3) is 3.24. The molecule has 4 nitrogen and oxygen atoms in total. The number of likely N-dealkylation sites (tertiary alicyclic amines) is 1. The van der Waals surface area contributed by atoms with Crippen molar-refractivity contribution in [2.24, 2.45) is 5.92 Å². The number of aliphatic carboxylic acids is 1. The zero-order valence-electron chi connectivity index (χ0n) is 10.9. The van der Waals surface area contributed by atoms with E-state index in [9.17, 15) is 9.59 Å². The first kappa shape index (κ1) is 13.4. The van der Waals surface area contributed by atoms with Crippen molar-refractivity contribution in [3.8, 4) is 0 Å². The second-order valence-electron chi connectivity index (χ2n) is 5.59. The monoisotopic (exact) mass is 253 g/mol. The van der Waals surface area contributed by atoms with Gasteiger partial charge in [0.25, 0.3) is 0 Å². The molecule has 1 N–H and O–H groups in total. The Balaban J connectivity index is 1.72. The Hall–Kier alpha value is -1.06. The number of carbonyl (C=O) groups is 2. The maximum atomic E-state index is 12.1. The van der Waals surface area contributed by atoms with Gasteiger partial charge in [-0.2, -0.15) is 0 Å². The molecule has 2 aliphatic rings. The molecule has 2 rings (SSSR count). The van der Waals surface area contributed by atoms with E-state index in [1.807, 2.05) is 0 Å². The van der Waals surface area contributed by atoms with Crippen molar-refractivity contribution in [2.75, 3.05) is 6.54 Å². The summed E-state index contributed by atoms with van der Waals surface area (Å²) >= 11 is 0. The highest BCUT2D eigenvalue weighted by Gasteiger charge is 2.36. The van der Waals surface area contributed by atoms with Crippen molar-refractivity contribution < 1.29 is 14.7 Å². The molecule has 1 aliphatic heterocycles. The maximum Gasteiger partial charge on any atom is 0.303 e. The van der Waals surface area contributed by atoms with Gasteiger partial charge < -0.3 is 10.0 Å². The van der Waals surface area contributed by atoms with Crippen LogP contribution in [0.4, 0.5) is 0 Å². The number of hydrogen-bond donors (Lipinski definition) is 1. The molecule has 1 saturated heterocycles. The van der Waals surface area contributed by atoms with Gasteiger partial charge in [0.2, 0.25) is 5.91 Å². The number of carboxylic acid groups (broad SMARTS) is 1. The van der Waals surface area contributed by atoms with Gasteiger partial charge in [-0.25, -0.2) is 0 Å². The Morgan fingerprint density at radius 2 is 1.78 bits per heavy atom. The fourth-order valence-electron chi connectivity index (χ4n) is 3.11. The van der Waals surface area contributed by atoms with Gasteiger partial charge in [-0.3, -0.25) is 9.59 Å². The zero-order valence-corrected chi connectivity index (χ0v) is 10.9. The van der Waals surface area contributed by atoms with Crippen molar-refractivity contribution in [1.29, 1.82) is 0 Å². The Morgan fingerprint density at radius 3 is 2.39 bits per heavy atom. The van der Waals surface area contributed by atoms with Gasteiger partial charge in [-0.1, -0.05) is 6.42 Å². The summed E-state index contributed by atoms with van der Waals surface area (Å²) in [4.78, 5) is 24.6. The van der Waals surface area contributed by atoms with E-state index in [4.69, 9.17) is 5.11 Å². The van der Waals surface area contributed by atoms with E-state index < -0.39 is 5.97 Å². The van der Waals surface area contributed by atoms with Gasteiger partial charge in [0.05, 0.1) is 0 Å². The first-order chi connectivity index (χ1) is 8.68. The highest BCUT2D eigenvalue weighted by molar-refractivity contribution is 5.77. The highest BCUT2D eigenvalue weighted by Crippen LogP contribution is 2.37. The molecule has 1 heterocycles. The summed E-state index contributed by atoms with van der Waals surface area (Å²) in [5.41, 5.74) is 0. The standard InChI is InChI=1S/C14H23NO3/c16-13(8-1-2-9-14(17)18)15-10-4-7-12(15)11-5-3-6-11/h11-12H,1-10H2,(H,17,18). The molecule has 1 aliphatic carbocycles. The maximum absolute atomic E-state index is 12.1. The molecule has 0 aromatic heterocycles. The van der Waals surface area contributed by atoms with Crippen LogP contribution in [0, 0.1) is 5.92 Å². The number of unbranched alkanes of at least 4 members (excludes halogenated alkanes) is 1. The topological polar surface area (TPSA) is 57.6 Å². The minimum Gasteiger partial charge on any atom is -0.481 e. The molecule has 1 unspecified atom stereocenters. The van der Waals surface area contributed by atoms with Crippen molar-refractivity contribution in [2.45, 2.75) is 63.8 Å². The SMILES string of the molecule is O=C(O)CCCCC(=O)N1CCCC1C1CCC1. The predicted molar refractivity (Wildman–Crippen MR) is 68.2 cm³/mol. The van der Waals surface area contributed by atoms with Crippen LogP contribution in [-0.4, -0.2) is 34.5 Å². The van der Waals surface area contributed by atoms with E-state index in [2.05, 4.69) is 4.90 Å². The molecular formula is C14H23NO3. The molecule has 0 aromatic rings. The normalized spacial score (nSPS) is 24.0. The third-order valence-electron chi connectivity index (χ3n) is 4.34. The molecule has 1 saturated carbocycles. The van der Waals surface area contributed by atoms with Gasteiger partial charge in [0, 0.05) is 25.4 Å². The van der Waals surface area contributed by atoms with Gasteiger partial charge >= 0.3 is 5.97 Å². The molecule has 0 spiro atoms. The van der Waals surface area contributed by atoms with E-state index in [0.29, 0.717) is 25.3 Å². The average molecular weight is 253 g/mol. The summed E-state index contributed by atoms with van der Waals surface area (Å²) in [6.07, 6.45) is 8.23. The van der Waals surface area contributed by atoms with Crippen molar-refractivity contribution in [3.05, 3.63) is 0 Å². The van der Waals surface area contributed by atoms with Crippen LogP contribution in [0.1, 0.15) is 57.8 Å². The van der Waals surface area contributed by atoms with Crippen LogP contribution in [0.25, 0.3) is 0 Å². The van der Waals surface area contributed by atoms with Crippen LogP contribution in [-0.2, 0) is 9.59 Å². The second kappa shape index (κ2) is 6.21. The molecule has 0 bridgehead atoms. The molecule has 0 aromatic carbocycles. The molecular weight excluding hydrogens is 230 g/mol. The van der Waals surface area contributed by atoms with Crippen molar-refractivity contribution >= 4 is 11.9 Å². The number of amides is 1. The van der Waals surface area contributed by atoms with Crippen molar-refractivity contribution in [3.63, 3.8) is 0 Å². The molecule has 1 atom stereocenters. The van der Waals surface area contributed by atoms with Crippen LogP contribution in [0.5, 0.6) is 0 Å². The van der Waals surface area contributed by atoms with Crippen molar-refractivity contribution in [1.82, 2.24) is 4.90 Å². The lowest BCUT2D eigenvalue weighted by atomic mass is 9.79. The van der Waals surface area contributed by atoms with Gasteiger partial charge in [-0.05, 0) is 44.4 Å². The third-order valence-corrected chi connectivity index (χ3v) is 4.34. The largest absolute Gasteiger partial charge is 0.481 e. The van der Waals surface area contributed by atoms with E-state index in [0.717, 1.165) is 18.9 Å². The van der Waals surface area contributed by atoms with E-state index in [-0.39, 0.29) is 12.3 Å². The Bertz CT molecular complexity index is 312. The molecule has 4 heteroatoms. The lowest BCUT2D eigenvalue weighted by molar-refractivity contribution is -0.138. The molecule has 0 radical (unpaired) electrons.